The van der Waals surface area contributed by atoms with Crippen molar-refractivity contribution in [1.29, 1.82) is 0 Å². The second-order valence-corrected chi connectivity index (χ2v) is 9.77. The maximum Gasteiger partial charge on any atom is 0.270 e. The monoisotopic (exact) mass is 424 g/mol. The fourth-order valence-corrected chi connectivity index (χ4v) is 6.18. The molecule has 1 N–H and O–H groups in total. The summed E-state index contributed by atoms with van der Waals surface area (Å²) >= 11 is 1.60. The van der Waals surface area contributed by atoms with E-state index in [1.54, 1.807) is 22.2 Å². The standard InChI is InChI=1S/C23H28N4O2S/c1-3-17-14(2)30-21-20(17)23(29)27(13-24-21)16-8-6-10-26(12-16)22(28)19-11-15-7-4-5-9-18(15)25-19/h11,13,16,25H,3-10,12H2,1-2H3. The zero-order valence-corrected chi connectivity index (χ0v) is 18.5. The Hall–Kier alpha value is -2.41. The minimum atomic E-state index is -0.0263. The summed E-state index contributed by atoms with van der Waals surface area (Å²) in [7, 11) is 0. The van der Waals surface area contributed by atoms with Crippen molar-refractivity contribution >= 4 is 27.5 Å². The molecule has 158 valence electrons. The summed E-state index contributed by atoms with van der Waals surface area (Å²) in [5.74, 6) is 0.0526. The van der Waals surface area contributed by atoms with E-state index < -0.39 is 0 Å². The molecule has 0 saturated carbocycles. The zero-order valence-electron chi connectivity index (χ0n) is 17.7. The zero-order chi connectivity index (χ0) is 20.8. The number of hydrogen-bond donors (Lipinski definition) is 1. The Morgan fingerprint density at radius 1 is 1.30 bits per heavy atom. The van der Waals surface area contributed by atoms with Crippen LogP contribution in [0, 0.1) is 6.92 Å². The van der Waals surface area contributed by atoms with Gasteiger partial charge in [0.1, 0.15) is 10.5 Å². The smallest absolute Gasteiger partial charge is 0.270 e. The van der Waals surface area contributed by atoms with Gasteiger partial charge in [-0.2, -0.15) is 0 Å². The lowest BCUT2D eigenvalue weighted by atomic mass is 9.98. The summed E-state index contributed by atoms with van der Waals surface area (Å²) < 4.78 is 1.77. The van der Waals surface area contributed by atoms with E-state index in [0.717, 1.165) is 54.4 Å². The summed E-state index contributed by atoms with van der Waals surface area (Å²) in [5.41, 5.74) is 4.37. The van der Waals surface area contributed by atoms with Gasteiger partial charge in [-0.3, -0.25) is 14.2 Å². The lowest BCUT2D eigenvalue weighted by Crippen LogP contribution is -2.43. The maximum atomic E-state index is 13.3. The molecule has 3 aromatic rings. The first-order chi connectivity index (χ1) is 14.6. The Kier molecular flexibility index (Phi) is 5.01. The largest absolute Gasteiger partial charge is 0.354 e. The van der Waals surface area contributed by atoms with E-state index in [4.69, 9.17) is 0 Å². The molecule has 30 heavy (non-hydrogen) atoms. The molecule has 6 nitrogen and oxygen atoms in total. The van der Waals surface area contributed by atoms with Gasteiger partial charge in [0.15, 0.2) is 0 Å². The van der Waals surface area contributed by atoms with Crippen molar-refractivity contribution in [1.82, 2.24) is 19.4 Å². The van der Waals surface area contributed by atoms with Crippen molar-refractivity contribution in [2.45, 2.75) is 64.8 Å². The van der Waals surface area contributed by atoms with Crippen LogP contribution in [0.3, 0.4) is 0 Å². The first-order valence-electron chi connectivity index (χ1n) is 11.1. The molecule has 0 bridgehead atoms. The number of aryl methyl sites for hydroxylation is 4. The normalized spacial score (nSPS) is 19.3. The van der Waals surface area contributed by atoms with Gasteiger partial charge in [-0.05, 0) is 69.1 Å². The molecule has 5 rings (SSSR count). The van der Waals surface area contributed by atoms with E-state index in [1.165, 1.54) is 29.0 Å². The van der Waals surface area contributed by atoms with Crippen molar-refractivity contribution in [3.63, 3.8) is 0 Å². The maximum absolute atomic E-state index is 13.3. The van der Waals surface area contributed by atoms with Crippen LogP contribution < -0.4 is 5.56 Å². The summed E-state index contributed by atoms with van der Waals surface area (Å²) in [4.78, 5) is 38.4. The number of likely N-dealkylation sites (tertiary alicyclic amines) is 1. The number of hydrogen-bond acceptors (Lipinski definition) is 4. The summed E-state index contributed by atoms with van der Waals surface area (Å²) in [5, 5.41) is 0.767. The summed E-state index contributed by atoms with van der Waals surface area (Å²) in [6.45, 7) is 5.44. The van der Waals surface area contributed by atoms with Gasteiger partial charge in [-0.15, -0.1) is 11.3 Å². The third kappa shape index (κ3) is 3.20. The molecule has 1 aliphatic heterocycles. The van der Waals surface area contributed by atoms with Gasteiger partial charge < -0.3 is 9.88 Å². The van der Waals surface area contributed by atoms with E-state index in [1.807, 2.05) is 11.0 Å². The van der Waals surface area contributed by atoms with Crippen molar-refractivity contribution in [2.24, 2.45) is 0 Å². The second-order valence-electron chi connectivity index (χ2n) is 8.57. The number of aromatic amines is 1. The van der Waals surface area contributed by atoms with Crippen LogP contribution in [0.2, 0.25) is 0 Å². The van der Waals surface area contributed by atoms with Crippen LogP contribution in [-0.2, 0) is 19.3 Å². The van der Waals surface area contributed by atoms with Crippen LogP contribution in [-0.4, -0.2) is 38.4 Å². The molecule has 1 unspecified atom stereocenters. The van der Waals surface area contributed by atoms with E-state index >= 15 is 0 Å². The van der Waals surface area contributed by atoms with Crippen molar-refractivity contribution in [3.05, 3.63) is 50.1 Å². The van der Waals surface area contributed by atoms with Gasteiger partial charge in [-0.25, -0.2) is 4.98 Å². The molecule has 1 amide bonds. The molecule has 3 aromatic heterocycles. The molecule has 1 saturated heterocycles. The number of H-pyrrole nitrogens is 1. The van der Waals surface area contributed by atoms with Crippen molar-refractivity contribution in [3.8, 4) is 0 Å². The van der Waals surface area contributed by atoms with Crippen LogP contribution in [0.15, 0.2) is 17.2 Å². The van der Waals surface area contributed by atoms with Gasteiger partial charge in [0.05, 0.1) is 17.8 Å². The second kappa shape index (κ2) is 7.69. The van der Waals surface area contributed by atoms with Crippen LogP contribution in [0.4, 0.5) is 0 Å². The lowest BCUT2D eigenvalue weighted by molar-refractivity contribution is 0.0672. The number of piperidine rings is 1. The van der Waals surface area contributed by atoms with Crippen LogP contribution in [0.5, 0.6) is 0 Å². The molecule has 0 radical (unpaired) electrons. The average Bonchev–Trinajstić information content (AvgIpc) is 3.34. The predicted octanol–water partition coefficient (Wildman–Crippen LogP) is 4.01. The topological polar surface area (TPSA) is 71.0 Å². The quantitative estimate of drug-likeness (QED) is 0.690. The van der Waals surface area contributed by atoms with Gasteiger partial charge >= 0.3 is 0 Å². The van der Waals surface area contributed by atoms with Crippen LogP contribution in [0.1, 0.15) is 70.8 Å². The molecule has 7 heteroatoms. The molecule has 1 aliphatic carbocycles. The van der Waals surface area contributed by atoms with Crippen LogP contribution in [0.25, 0.3) is 10.2 Å². The van der Waals surface area contributed by atoms with Gasteiger partial charge in [0.25, 0.3) is 11.5 Å². The highest BCUT2D eigenvalue weighted by atomic mass is 32.1. The fourth-order valence-electron chi connectivity index (χ4n) is 5.11. The van der Waals surface area contributed by atoms with Gasteiger partial charge in [-0.1, -0.05) is 6.92 Å². The van der Waals surface area contributed by atoms with E-state index in [0.29, 0.717) is 12.2 Å². The first-order valence-corrected chi connectivity index (χ1v) is 11.9. The molecule has 0 spiro atoms. The number of aromatic nitrogens is 3. The highest BCUT2D eigenvalue weighted by Gasteiger charge is 2.28. The fraction of sp³-hybridized carbons (Fsp3) is 0.522. The average molecular weight is 425 g/mol. The van der Waals surface area contributed by atoms with Gasteiger partial charge in [0, 0.05) is 23.7 Å². The van der Waals surface area contributed by atoms with Gasteiger partial charge in [0.2, 0.25) is 0 Å². The minimum Gasteiger partial charge on any atom is -0.354 e. The number of nitrogens with zero attached hydrogens (tertiary/aromatic N) is 3. The Labute approximate surface area is 179 Å². The Morgan fingerprint density at radius 3 is 2.93 bits per heavy atom. The van der Waals surface area contributed by atoms with E-state index in [2.05, 4.69) is 23.8 Å². The highest BCUT2D eigenvalue weighted by Crippen LogP contribution is 2.29. The Balaban J connectivity index is 1.43. The van der Waals surface area contributed by atoms with E-state index in [9.17, 15) is 9.59 Å². The Bertz CT molecular complexity index is 1150. The third-order valence-electron chi connectivity index (χ3n) is 6.71. The third-order valence-corrected chi connectivity index (χ3v) is 7.77. The molecule has 1 atom stereocenters. The number of thiophene rings is 1. The van der Waals surface area contributed by atoms with Crippen LogP contribution >= 0.6 is 11.3 Å². The SMILES string of the molecule is CCc1c(C)sc2ncn(C3CCCN(C(=O)c4cc5c([nH]4)CCCC5)C3)c(=O)c12. The highest BCUT2D eigenvalue weighted by molar-refractivity contribution is 7.18. The van der Waals surface area contributed by atoms with E-state index in [-0.39, 0.29) is 17.5 Å². The number of fused-ring (bicyclic) bond motifs is 2. The molecule has 1 fully saturated rings. The molecule has 0 aromatic carbocycles. The lowest BCUT2D eigenvalue weighted by Gasteiger charge is -2.33. The predicted molar refractivity (Wildman–Crippen MR) is 120 cm³/mol. The number of carbonyl (C=O) groups excluding carboxylic acids is 1. The van der Waals surface area contributed by atoms with Crippen molar-refractivity contribution < 1.29 is 4.79 Å². The number of rotatable bonds is 3. The summed E-state index contributed by atoms with van der Waals surface area (Å²) in [6.07, 6.45) is 8.78. The molecule has 2 aliphatic rings. The first kappa shape index (κ1) is 19.5. The number of amides is 1. The van der Waals surface area contributed by atoms with Crippen molar-refractivity contribution in [2.75, 3.05) is 13.1 Å². The Morgan fingerprint density at radius 2 is 2.13 bits per heavy atom. The minimum absolute atomic E-state index is 0.0263. The molecule has 4 heterocycles. The molecular formula is C23H28N4O2S. The summed E-state index contributed by atoms with van der Waals surface area (Å²) in [6, 6.07) is 2.02. The molecular weight excluding hydrogens is 396 g/mol. The number of nitrogens with one attached hydrogen (secondary N) is 1. The number of carbonyl (C=O) groups is 1.